The molecule has 0 unspecified atom stereocenters. The Morgan fingerprint density at radius 1 is 1.29 bits per heavy atom. The van der Waals surface area contributed by atoms with Gasteiger partial charge in [-0.25, -0.2) is 9.59 Å². The van der Waals surface area contributed by atoms with Crippen molar-refractivity contribution >= 4 is 36.1 Å². The van der Waals surface area contributed by atoms with Crippen LogP contribution in [0.3, 0.4) is 0 Å². The lowest BCUT2D eigenvalue weighted by Crippen LogP contribution is -2.35. The minimum Gasteiger partial charge on any atom is -0.478 e. The van der Waals surface area contributed by atoms with Gasteiger partial charge in [0.15, 0.2) is 0 Å². The van der Waals surface area contributed by atoms with Crippen molar-refractivity contribution in [2.24, 2.45) is 0 Å². The van der Waals surface area contributed by atoms with Crippen molar-refractivity contribution in [3.05, 3.63) is 12.2 Å². The average molecular weight is 282 g/mol. The second kappa shape index (κ2) is 9.32. The first kappa shape index (κ1) is 16.3. The molecule has 0 aromatic heterocycles. The molecule has 0 bridgehead atoms. The zero-order chi connectivity index (χ0) is 11.8. The Morgan fingerprint density at radius 2 is 1.94 bits per heavy atom. The highest BCUT2D eigenvalue weighted by Crippen LogP contribution is 2.08. The first-order valence-corrected chi connectivity index (χ1v) is 6.22. The Hall–Kier alpha value is -0.720. The number of carbonyl (C=O) groups is 2. The molecule has 0 aliphatic carbocycles. The second-order valence-corrected chi connectivity index (χ2v) is 4.52. The van der Waals surface area contributed by atoms with Crippen molar-refractivity contribution in [3.63, 3.8) is 0 Å². The van der Waals surface area contributed by atoms with Crippen molar-refractivity contribution in [2.75, 3.05) is 37.7 Å². The Morgan fingerprint density at radius 3 is 2.53 bits per heavy atom. The summed E-state index contributed by atoms with van der Waals surface area (Å²) in [5, 5.41) is 8.29. The summed E-state index contributed by atoms with van der Waals surface area (Å²) in [6, 6.07) is 0. The third-order valence-electron chi connectivity index (χ3n) is 2.12. The number of hydrogen-bond acceptors (Lipinski definition) is 5. The molecule has 0 spiro atoms. The van der Waals surface area contributed by atoms with E-state index in [2.05, 4.69) is 4.90 Å². The van der Waals surface area contributed by atoms with Crippen LogP contribution in [0, 0.1) is 0 Å². The highest BCUT2D eigenvalue weighted by Gasteiger charge is 2.10. The van der Waals surface area contributed by atoms with E-state index in [1.807, 2.05) is 11.8 Å². The standard InChI is InChI=1S/C10H15NO4S.ClH/c12-9(13)1-2-10(14)15-6-3-11-4-7-16-8-5-11;/h1-2H,3-8H2,(H,12,13);1H. The van der Waals surface area contributed by atoms with Crippen LogP contribution in [-0.2, 0) is 14.3 Å². The number of thioether (sulfide) groups is 1. The SMILES string of the molecule is Cl.O=C(O)C=CC(=O)OCCN1CCSCC1. The molecule has 1 fully saturated rings. The minimum atomic E-state index is -1.15. The molecule has 0 atom stereocenters. The Balaban J connectivity index is 0.00000256. The molecule has 1 aliphatic heterocycles. The molecule has 1 N–H and O–H groups in total. The van der Waals surface area contributed by atoms with Crippen LogP contribution in [0.15, 0.2) is 12.2 Å². The summed E-state index contributed by atoms with van der Waals surface area (Å²) in [6.07, 6.45) is 1.70. The third-order valence-corrected chi connectivity index (χ3v) is 3.06. The van der Waals surface area contributed by atoms with Gasteiger partial charge in [0.2, 0.25) is 0 Å². The molecule has 1 heterocycles. The summed E-state index contributed by atoms with van der Waals surface area (Å²) < 4.78 is 4.86. The number of esters is 1. The van der Waals surface area contributed by atoms with Crippen LogP contribution in [0.4, 0.5) is 0 Å². The van der Waals surface area contributed by atoms with Crippen LogP contribution >= 0.6 is 24.2 Å². The molecule has 0 aromatic rings. The van der Waals surface area contributed by atoms with E-state index >= 15 is 0 Å². The summed E-state index contributed by atoms with van der Waals surface area (Å²) >= 11 is 1.92. The highest BCUT2D eigenvalue weighted by atomic mass is 35.5. The van der Waals surface area contributed by atoms with Gasteiger partial charge in [0.05, 0.1) is 0 Å². The van der Waals surface area contributed by atoms with Crippen LogP contribution in [0.2, 0.25) is 0 Å². The quantitative estimate of drug-likeness (QED) is 0.589. The molecule has 98 valence electrons. The third kappa shape index (κ3) is 8.06. The van der Waals surface area contributed by atoms with Crippen molar-refractivity contribution in [1.82, 2.24) is 4.90 Å². The number of carboxylic acids is 1. The Kier molecular flexibility index (Phi) is 8.93. The zero-order valence-corrected chi connectivity index (χ0v) is 11.0. The fraction of sp³-hybridized carbons (Fsp3) is 0.600. The molecule has 1 rings (SSSR count). The van der Waals surface area contributed by atoms with Gasteiger partial charge in [0.1, 0.15) is 6.61 Å². The predicted molar refractivity (Wildman–Crippen MR) is 68.7 cm³/mol. The first-order chi connectivity index (χ1) is 7.68. The minimum absolute atomic E-state index is 0. The molecule has 1 aliphatic rings. The average Bonchev–Trinajstić information content (AvgIpc) is 2.28. The number of hydrogen-bond donors (Lipinski definition) is 1. The van der Waals surface area contributed by atoms with Crippen molar-refractivity contribution in [1.29, 1.82) is 0 Å². The van der Waals surface area contributed by atoms with E-state index in [0.29, 0.717) is 13.2 Å². The summed E-state index contributed by atoms with van der Waals surface area (Å²) in [6.45, 7) is 3.07. The fourth-order valence-corrected chi connectivity index (χ4v) is 2.27. The summed E-state index contributed by atoms with van der Waals surface area (Å²) in [7, 11) is 0. The molecule has 17 heavy (non-hydrogen) atoms. The number of carbonyl (C=O) groups excluding carboxylic acids is 1. The zero-order valence-electron chi connectivity index (χ0n) is 9.33. The summed E-state index contributed by atoms with van der Waals surface area (Å²) in [5.74, 6) is 0.485. The van der Waals surface area contributed by atoms with Crippen LogP contribution in [0.25, 0.3) is 0 Å². The summed E-state index contributed by atoms with van der Waals surface area (Å²) in [4.78, 5) is 23.3. The number of carboxylic acid groups (broad SMARTS) is 1. The first-order valence-electron chi connectivity index (χ1n) is 5.06. The van der Waals surface area contributed by atoms with E-state index in [4.69, 9.17) is 9.84 Å². The van der Waals surface area contributed by atoms with Gasteiger partial charge < -0.3 is 9.84 Å². The molecule has 5 nitrogen and oxygen atoms in total. The van der Waals surface area contributed by atoms with E-state index in [9.17, 15) is 9.59 Å². The summed E-state index contributed by atoms with van der Waals surface area (Å²) in [5.41, 5.74) is 0. The topological polar surface area (TPSA) is 66.8 Å². The lowest BCUT2D eigenvalue weighted by molar-refractivity contribution is -0.139. The van der Waals surface area contributed by atoms with Gasteiger partial charge >= 0.3 is 11.9 Å². The molecule has 0 aromatic carbocycles. The molecular formula is C10H16ClNO4S. The highest BCUT2D eigenvalue weighted by molar-refractivity contribution is 7.99. The normalized spacial score (nSPS) is 16.5. The molecule has 0 amide bonds. The maximum atomic E-state index is 11.0. The van der Waals surface area contributed by atoms with Crippen LogP contribution < -0.4 is 0 Å². The lowest BCUT2D eigenvalue weighted by atomic mass is 10.4. The van der Waals surface area contributed by atoms with Gasteiger partial charge in [-0.2, -0.15) is 11.8 Å². The molecule has 0 saturated carbocycles. The predicted octanol–water partition coefficient (Wildman–Crippen LogP) is 0.641. The van der Waals surface area contributed by atoms with E-state index in [1.165, 1.54) is 0 Å². The lowest BCUT2D eigenvalue weighted by Gasteiger charge is -2.25. The Bertz CT molecular complexity index is 279. The van der Waals surface area contributed by atoms with E-state index in [-0.39, 0.29) is 12.4 Å². The smallest absolute Gasteiger partial charge is 0.331 e. The van der Waals surface area contributed by atoms with Crippen LogP contribution in [-0.4, -0.2) is 59.7 Å². The van der Waals surface area contributed by atoms with Gasteiger partial charge in [-0.3, -0.25) is 4.90 Å². The maximum absolute atomic E-state index is 11.0. The number of ether oxygens (including phenoxy) is 1. The molecule has 1 saturated heterocycles. The van der Waals surface area contributed by atoms with Gasteiger partial charge in [-0.15, -0.1) is 12.4 Å². The van der Waals surface area contributed by atoms with Gasteiger partial charge in [0.25, 0.3) is 0 Å². The van der Waals surface area contributed by atoms with Crippen molar-refractivity contribution in [3.8, 4) is 0 Å². The largest absolute Gasteiger partial charge is 0.478 e. The molecular weight excluding hydrogens is 266 g/mol. The fourth-order valence-electron chi connectivity index (χ4n) is 1.29. The Labute approximate surface area is 111 Å². The van der Waals surface area contributed by atoms with Crippen LogP contribution in [0.5, 0.6) is 0 Å². The van der Waals surface area contributed by atoms with Crippen LogP contribution in [0.1, 0.15) is 0 Å². The van der Waals surface area contributed by atoms with Gasteiger partial charge in [-0.1, -0.05) is 0 Å². The van der Waals surface area contributed by atoms with Crippen molar-refractivity contribution in [2.45, 2.75) is 0 Å². The maximum Gasteiger partial charge on any atom is 0.331 e. The molecule has 7 heteroatoms. The number of aliphatic carboxylic acids is 1. The van der Waals surface area contributed by atoms with Gasteiger partial charge in [-0.05, 0) is 0 Å². The number of rotatable bonds is 5. The molecule has 0 radical (unpaired) electrons. The number of nitrogens with zero attached hydrogens (tertiary/aromatic N) is 1. The number of halogens is 1. The van der Waals surface area contributed by atoms with E-state index in [0.717, 1.165) is 36.7 Å². The van der Waals surface area contributed by atoms with E-state index < -0.39 is 11.9 Å². The monoisotopic (exact) mass is 281 g/mol. The van der Waals surface area contributed by atoms with Crippen molar-refractivity contribution < 1.29 is 19.4 Å². The second-order valence-electron chi connectivity index (χ2n) is 3.29. The van der Waals surface area contributed by atoms with Gasteiger partial charge in [0, 0.05) is 43.3 Å². The van der Waals surface area contributed by atoms with E-state index in [1.54, 1.807) is 0 Å².